The molecule has 0 radical (unpaired) electrons. The molecule has 1 amide bonds. The van der Waals surface area contributed by atoms with Gasteiger partial charge in [-0.25, -0.2) is 9.78 Å². The number of nitrogens with zero attached hydrogens (tertiary/aromatic N) is 2. The summed E-state index contributed by atoms with van der Waals surface area (Å²) in [4.78, 5) is 31.1. The molecule has 0 saturated heterocycles. The molecular weight excluding hydrogens is 306 g/mol. The number of hydrogen-bond donors (Lipinski definition) is 2. The van der Waals surface area contributed by atoms with E-state index in [9.17, 15) is 9.59 Å². The fourth-order valence-corrected chi connectivity index (χ4v) is 2.20. The molecule has 0 unspecified atom stereocenters. The minimum Gasteiger partial charge on any atom is -0.477 e. The number of hydrogen-bond acceptors (Lipinski definition) is 4. The number of carbonyl (C=O) groups excluding carboxylic acids is 1. The van der Waals surface area contributed by atoms with Gasteiger partial charge in [0.1, 0.15) is 5.69 Å². The molecule has 0 spiro atoms. The van der Waals surface area contributed by atoms with E-state index in [4.69, 9.17) is 5.11 Å². The maximum Gasteiger partial charge on any atom is 0.354 e. The molecule has 0 saturated carbocycles. The van der Waals surface area contributed by atoms with E-state index in [-0.39, 0.29) is 11.6 Å². The molecule has 0 atom stereocenters. The Morgan fingerprint density at radius 2 is 1.79 bits per heavy atom. The van der Waals surface area contributed by atoms with Gasteiger partial charge in [-0.15, -0.1) is 0 Å². The Kier molecular flexibility index (Phi) is 4.29. The van der Waals surface area contributed by atoms with Gasteiger partial charge < -0.3 is 10.4 Å². The predicted molar refractivity (Wildman–Crippen MR) is 88.8 cm³/mol. The predicted octanol–water partition coefficient (Wildman–Crippen LogP) is 3.09. The maximum absolute atomic E-state index is 12.4. The smallest absolute Gasteiger partial charge is 0.354 e. The number of aromatic nitrogens is 2. The molecule has 2 N–H and O–H groups in total. The molecule has 2 heterocycles. The molecule has 0 aliphatic heterocycles. The first-order valence-electron chi connectivity index (χ1n) is 7.14. The zero-order valence-electron chi connectivity index (χ0n) is 12.5. The molecular formula is C18H13N3O3. The summed E-state index contributed by atoms with van der Waals surface area (Å²) in [5.74, 6) is -1.48. The van der Waals surface area contributed by atoms with Crippen LogP contribution < -0.4 is 5.32 Å². The van der Waals surface area contributed by atoms with E-state index in [0.717, 1.165) is 11.1 Å². The summed E-state index contributed by atoms with van der Waals surface area (Å²) in [6.45, 7) is 0. The molecule has 118 valence electrons. The number of carbonyl (C=O) groups is 2. The number of rotatable bonds is 4. The lowest BCUT2D eigenvalue weighted by Crippen LogP contribution is -2.13. The zero-order valence-corrected chi connectivity index (χ0v) is 12.5. The monoisotopic (exact) mass is 319 g/mol. The Balaban J connectivity index is 1.83. The minimum absolute atomic E-state index is 0.128. The molecule has 6 nitrogen and oxygen atoms in total. The number of aromatic carboxylic acids is 1. The minimum atomic E-state index is -1.15. The highest BCUT2D eigenvalue weighted by molar-refractivity contribution is 6.05. The Morgan fingerprint density at radius 1 is 0.958 bits per heavy atom. The number of nitrogens with one attached hydrogen (secondary N) is 1. The second-order valence-corrected chi connectivity index (χ2v) is 5.01. The Bertz CT molecular complexity index is 895. The van der Waals surface area contributed by atoms with Crippen molar-refractivity contribution < 1.29 is 14.7 Å². The van der Waals surface area contributed by atoms with Crippen molar-refractivity contribution in [1.82, 2.24) is 9.97 Å². The van der Waals surface area contributed by atoms with Gasteiger partial charge in [-0.1, -0.05) is 18.2 Å². The molecule has 0 aliphatic carbocycles. The quantitative estimate of drug-likeness (QED) is 0.771. The number of carboxylic acid groups (broad SMARTS) is 1. The van der Waals surface area contributed by atoms with Gasteiger partial charge in [0.25, 0.3) is 5.91 Å². The SMILES string of the molecule is O=C(Nc1ccnc(C(=O)O)c1)c1cccc(-c2cccnc2)c1. The average Bonchev–Trinajstić information content (AvgIpc) is 2.63. The van der Waals surface area contributed by atoms with E-state index in [2.05, 4.69) is 15.3 Å². The number of pyridine rings is 2. The molecule has 2 aromatic heterocycles. The van der Waals surface area contributed by atoms with Gasteiger partial charge in [0.2, 0.25) is 0 Å². The molecule has 3 aromatic rings. The first-order chi connectivity index (χ1) is 11.6. The van der Waals surface area contributed by atoms with E-state index in [0.29, 0.717) is 11.3 Å². The summed E-state index contributed by atoms with van der Waals surface area (Å²) in [6, 6.07) is 13.7. The third kappa shape index (κ3) is 3.44. The highest BCUT2D eigenvalue weighted by Crippen LogP contribution is 2.20. The largest absolute Gasteiger partial charge is 0.477 e. The molecule has 0 fully saturated rings. The lowest BCUT2D eigenvalue weighted by Gasteiger charge is -2.07. The van der Waals surface area contributed by atoms with Crippen LogP contribution in [0.1, 0.15) is 20.8 Å². The highest BCUT2D eigenvalue weighted by Gasteiger charge is 2.10. The van der Waals surface area contributed by atoms with Crippen LogP contribution in [0.2, 0.25) is 0 Å². The number of benzene rings is 1. The lowest BCUT2D eigenvalue weighted by molar-refractivity contribution is 0.0690. The fraction of sp³-hybridized carbons (Fsp3) is 0. The Labute approximate surface area is 137 Å². The van der Waals surface area contributed by atoms with E-state index >= 15 is 0 Å². The van der Waals surface area contributed by atoms with Crippen LogP contribution in [0.15, 0.2) is 67.1 Å². The summed E-state index contributed by atoms with van der Waals surface area (Å²) >= 11 is 0. The van der Waals surface area contributed by atoms with E-state index < -0.39 is 5.97 Å². The summed E-state index contributed by atoms with van der Waals surface area (Å²) in [6.07, 6.45) is 4.74. The van der Waals surface area contributed by atoms with E-state index in [1.165, 1.54) is 18.3 Å². The summed E-state index contributed by atoms with van der Waals surface area (Å²) in [7, 11) is 0. The van der Waals surface area contributed by atoms with Crippen LogP contribution in [0.5, 0.6) is 0 Å². The molecule has 0 aliphatic rings. The van der Waals surface area contributed by atoms with Crippen molar-refractivity contribution in [3.05, 3.63) is 78.4 Å². The van der Waals surface area contributed by atoms with Crippen LogP contribution in [0.3, 0.4) is 0 Å². The van der Waals surface area contributed by atoms with Gasteiger partial charge in [0.15, 0.2) is 0 Å². The number of anilines is 1. The van der Waals surface area contributed by atoms with Gasteiger partial charge in [-0.05, 0) is 35.9 Å². The summed E-state index contributed by atoms with van der Waals surface area (Å²) in [5.41, 5.74) is 2.49. The van der Waals surface area contributed by atoms with Crippen LogP contribution in [-0.2, 0) is 0 Å². The highest BCUT2D eigenvalue weighted by atomic mass is 16.4. The number of carboxylic acids is 1. The third-order valence-corrected chi connectivity index (χ3v) is 3.36. The van der Waals surface area contributed by atoms with Crippen molar-refractivity contribution in [3.8, 4) is 11.1 Å². The van der Waals surface area contributed by atoms with Gasteiger partial charge in [0.05, 0.1) is 0 Å². The fourth-order valence-electron chi connectivity index (χ4n) is 2.20. The summed E-state index contributed by atoms with van der Waals surface area (Å²) < 4.78 is 0. The van der Waals surface area contributed by atoms with Crippen LogP contribution in [-0.4, -0.2) is 27.0 Å². The lowest BCUT2D eigenvalue weighted by atomic mass is 10.0. The third-order valence-electron chi connectivity index (χ3n) is 3.36. The van der Waals surface area contributed by atoms with Gasteiger partial charge >= 0.3 is 5.97 Å². The van der Waals surface area contributed by atoms with Crippen LogP contribution in [0.4, 0.5) is 5.69 Å². The van der Waals surface area contributed by atoms with E-state index in [1.54, 1.807) is 30.6 Å². The standard InChI is InChI=1S/C18H13N3O3/c22-17(21-15-6-8-20-16(10-15)18(23)24)13-4-1-3-12(9-13)14-5-2-7-19-11-14/h1-11H,(H,23,24)(H,20,21,22). The van der Waals surface area contributed by atoms with Crippen molar-refractivity contribution in [2.45, 2.75) is 0 Å². The second kappa shape index (κ2) is 6.70. The second-order valence-electron chi connectivity index (χ2n) is 5.01. The average molecular weight is 319 g/mol. The van der Waals surface area contributed by atoms with Crippen LogP contribution in [0.25, 0.3) is 11.1 Å². The van der Waals surface area contributed by atoms with Gasteiger partial charge in [-0.2, -0.15) is 0 Å². The first kappa shape index (κ1) is 15.4. The maximum atomic E-state index is 12.4. The number of amides is 1. The van der Waals surface area contributed by atoms with Gasteiger partial charge in [-0.3, -0.25) is 9.78 Å². The molecule has 6 heteroatoms. The molecule has 1 aromatic carbocycles. The van der Waals surface area contributed by atoms with Crippen LogP contribution >= 0.6 is 0 Å². The summed E-state index contributed by atoms with van der Waals surface area (Å²) in [5, 5.41) is 11.6. The first-order valence-corrected chi connectivity index (χ1v) is 7.14. The Hall–Kier alpha value is -3.54. The molecule has 0 bridgehead atoms. The van der Waals surface area contributed by atoms with Crippen LogP contribution in [0, 0.1) is 0 Å². The zero-order chi connectivity index (χ0) is 16.9. The van der Waals surface area contributed by atoms with Crippen molar-refractivity contribution in [3.63, 3.8) is 0 Å². The van der Waals surface area contributed by atoms with Crippen molar-refractivity contribution in [2.75, 3.05) is 5.32 Å². The Morgan fingerprint density at radius 3 is 2.54 bits per heavy atom. The van der Waals surface area contributed by atoms with Crippen molar-refractivity contribution >= 4 is 17.6 Å². The van der Waals surface area contributed by atoms with Gasteiger partial charge in [0, 0.05) is 35.4 Å². The topological polar surface area (TPSA) is 92.2 Å². The molecule has 24 heavy (non-hydrogen) atoms. The van der Waals surface area contributed by atoms with Crippen molar-refractivity contribution in [1.29, 1.82) is 0 Å². The normalized spacial score (nSPS) is 10.2. The van der Waals surface area contributed by atoms with Crippen molar-refractivity contribution in [2.24, 2.45) is 0 Å². The molecule has 3 rings (SSSR count). The van der Waals surface area contributed by atoms with E-state index in [1.807, 2.05) is 18.2 Å².